The van der Waals surface area contributed by atoms with Crippen molar-refractivity contribution in [2.45, 2.75) is 13.8 Å². The third-order valence-corrected chi connectivity index (χ3v) is 4.70. The summed E-state index contributed by atoms with van der Waals surface area (Å²) >= 11 is 0. The van der Waals surface area contributed by atoms with Crippen molar-refractivity contribution in [2.24, 2.45) is 19.2 Å². The first-order valence-corrected chi connectivity index (χ1v) is 8.33. The lowest BCUT2D eigenvalue weighted by molar-refractivity contribution is -0.255. The number of carbonyl (C=O) groups is 2. The molecule has 2 heterocycles. The number of carboxylic acids is 1. The molecule has 1 aromatic heterocycles. The number of carboxylic acid groups (broad SMARTS) is 1. The standard InChI is InChI=1S/C19H18N4O5/c1-10-14(9-15-11(2)21(3)19(28)22(4)16(15)24)17(25)23(20-10)13-7-5-12(6-8-13)18(26)27/h5-9H,1-4H3,(H,26,27)/p-1/b14-9+. The number of aromatic nitrogens is 2. The number of benzene rings is 1. The number of nitrogens with zero attached hydrogens (tertiary/aromatic N) is 4. The predicted octanol–water partition coefficient (Wildman–Crippen LogP) is -0.438. The second-order valence-electron chi connectivity index (χ2n) is 6.40. The van der Waals surface area contributed by atoms with Gasteiger partial charge in [-0.2, -0.15) is 10.1 Å². The maximum Gasteiger partial charge on any atom is 0.330 e. The van der Waals surface area contributed by atoms with Gasteiger partial charge >= 0.3 is 5.69 Å². The molecule has 0 saturated carbocycles. The molecule has 2 aromatic rings. The fourth-order valence-corrected chi connectivity index (χ4v) is 2.88. The number of aromatic carboxylic acids is 1. The van der Waals surface area contributed by atoms with Crippen LogP contribution < -0.4 is 21.4 Å². The third-order valence-electron chi connectivity index (χ3n) is 4.70. The molecule has 1 aromatic carbocycles. The number of anilines is 1. The largest absolute Gasteiger partial charge is 0.545 e. The van der Waals surface area contributed by atoms with E-state index in [1.807, 2.05) is 0 Å². The Bertz CT molecular complexity index is 1180. The van der Waals surface area contributed by atoms with Crippen LogP contribution in [0.4, 0.5) is 5.69 Å². The van der Waals surface area contributed by atoms with E-state index in [2.05, 4.69) is 5.10 Å². The molecule has 3 rings (SSSR count). The van der Waals surface area contributed by atoms with E-state index in [1.54, 1.807) is 20.9 Å². The molecular weight excluding hydrogens is 364 g/mol. The average Bonchev–Trinajstić information content (AvgIpc) is 2.96. The molecule has 0 radical (unpaired) electrons. The molecule has 144 valence electrons. The smallest absolute Gasteiger partial charge is 0.330 e. The molecule has 1 aliphatic heterocycles. The van der Waals surface area contributed by atoms with Gasteiger partial charge in [-0.05, 0) is 37.6 Å². The monoisotopic (exact) mass is 381 g/mol. The molecule has 0 fully saturated rings. The Kier molecular flexibility index (Phi) is 4.60. The lowest BCUT2D eigenvalue weighted by Gasteiger charge is -2.13. The molecule has 1 aliphatic rings. The molecule has 0 saturated heterocycles. The van der Waals surface area contributed by atoms with Crippen molar-refractivity contribution in [3.05, 3.63) is 67.5 Å². The van der Waals surface area contributed by atoms with Gasteiger partial charge in [-0.25, -0.2) is 4.79 Å². The van der Waals surface area contributed by atoms with Crippen molar-refractivity contribution >= 4 is 29.4 Å². The zero-order chi connectivity index (χ0) is 20.7. The molecule has 9 heteroatoms. The Hall–Kier alpha value is -3.75. The maximum absolute atomic E-state index is 12.8. The summed E-state index contributed by atoms with van der Waals surface area (Å²) in [5, 5.41) is 16.2. The molecule has 0 unspecified atom stereocenters. The van der Waals surface area contributed by atoms with Crippen molar-refractivity contribution in [2.75, 3.05) is 5.01 Å². The molecule has 0 aliphatic carbocycles. The van der Waals surface area contributed by atoms with E-state index in [4.69, 9.17) is 0 Å². The lowest BCUT2D eigenvalue weighted by atomic mass is 10.1. The van der Waals surface area contributed by atoms with Gasteiger partial charge in [-0.3, -0.25) is 14.2 Å². The van der Waals surface area contributed by atoms with Crippen molar-refractivity contribution in [1.29, 1.82) is 0 Å². The van der Waals surface area contributed by atoms with Gasteiger partial charge in [-0.1, -0.05) is 12.1 Å². The molecule has 0 atom stereocenters. The highest BCUT2D eigenvalue weighted by Gasteiger charge is 2.29. The van der Waals surface area contributed by atoms with Gasteiger partial charge in [0.05, 0.1) is 28.5 Å². The Morgan fingerprint density at radius 3 is 2.21 bits per heavy atom. The fourth-order valence-electron chi connectivity index (χ4n) is 2.88. The second-order valence-corrected chi connectivity index (χ2v) is 6.40. The molecule has 28 heavy (non-hydrogen) atoms. The van der Waals surface area contributed by atoms with Crippen LogP contribution in [0.1, 0.15) is 28.5 Å². The van der Waals surface area contributed by atoms with Crippen molar-refractivity contribution in [3.8, 4) is 0 Å². The van der Waals surface area contributed by atoms with E-state index in [-0.39, 0.29) is 16.7 Å². The maximum atomic E-state index is 12.8. The van der Waals surface area contributed by atoms with Gasteiger partial charge in [0, 0.05) is 19.8 Å². The quantitative estimate of drug-likeness (QED) is 0.668. The van der Waals surface area contributed by atoms with Crippen LogP contribution in [0.5, 0.6) is 0 Å². The summed E-state index contributed by atoms with van der Waals surface area (Å²) in [7, 11) is 2.91. The summed E-state index contributed by atoms with van der Waals surface area (Å²) < 4.78 is 2.30. The van der Waals surface area contributed by atoms with E-state index in [1.165, 1.54) is 42.0 Å². The fraction of sp³-hybridized carbons (Fsp3) is 0.211. The van der Waals surface area contributed by atoms with Crippen LogP contribution in [-0.2, 0) is 18.9 Å². The van der Waals surface area contributed by atoms with Crippen LogP contribution in [0, 0.1) is 6.92 Å². The summed E-state index contributed by atoms with van der Waals surface area (Å²) in [6.45, 7) is 3.25. The van der Waals surface area contributed by atoms with Crippen LogP contribution in [0.25, 0.3) is 6.08 Å². The minimum Gasteiger partial charge on any atom is -0.545 e. The first kappa shape index (κ1) is 19.0. The van der Waals surface area contributed by atoms with Crippen LogP contribution in [0.15, 0.2) is 44.5 Å². The van der Waals surface area contributed by atoms with Crippen LogP contribution in [0.3, 0.4) is 0 Å². The Labute approximate surface area is 159 Å². The number of rotatable bonds is 3. The van der Waals surface area contributed by atoms with Crippen molar-refractivity contribution < 1.29 is 14.7 Å². The summed E-state index contributed by atoms with van der Waals surface area (Å²) in [5.74, 6) is -1.78. The van der Waals surface area contributed by atoms with Gasteiger partial charge in [0.1, 0.15) is 0 Å². The molecule has 0 bridgehead atoms. The average molecular weight is 381 g/mol. The molecule has 9 nitrogen and oxygen atoms in total. The van der Waals surface area contributed by atoms with Crippen LogP contribution in [-0.4, -0.2) is 26.7 Å². The van der Waals surface area contributed by atoms with E-state index >= 15 is 0 Å². The normalized spacial score (nSPS) is 15.3. The van der Waals surface area contributed by atoms with Crippen LogP contribution >= 0.6 is 0 Å². The minimum atomic E-state index is -1.32. The number of hydrogen-bond acceptors (Lipinski definition) is 6. The molecule has 0 N–H and O–H groups in total. The van der Waals surface area contributed by atoms with E-state index in [9.17, 15) is 24.3 Å². The first-order chi connectivity index (χ1) is 13.1. The third kappa shape index (κ3) is 2.96. The summed E-state index contributed by atoms with van der Waals surface area (Å²) in [5.41, 5.74) is 0.647. The van der Waals surface area contributed by atoms with Gasteiger partial charge in [0.25, 0.3) is 11.5 Å². The van der Waals surface area contributed by atoms with Crippen molar-refractivity contribution in [3.63, 3.8) is 0 Å². The lowest BCUT2D eigenvalue weighted by Crippen LogP contribution is -2.39. The van der Waals surface area contributed by atoms with Gasteiger partial charge in [0.2, 0.25) is 0 Å². The topological polar surface area (TPSA) is 117 Å². The predicted molar refractivity (Wildman–Crippen MR) is 101 cm³/mol. The van der Waals surface area contributed by atoms with Gasteiger partial charge in [0.15, 0.2) is 0 Å². The highest BCUT2D eigenvalue weighted by Crippen LogP contribution is 2.25. The zero-order valence-electron chi connectivity index (χ0n) is 15.7. The Morgan fingerprint density at radius 2 is 1.64 bits per heavy atom. The first-order valence-electron chi connectivity index (χ1n) is 8.33. The summed E-state index contributed by atoms with van der Waals surface area (Å²) in [4.78, 5) is 48.2. The zero-order valence-corrected chi connectivity index (χ0v) is 15.7. The Balaban J connectivity index is 2.06. The molecule has 0 spiro atoms. The highest BCUT2D eigenvalue weighted by atomic mass is 16.4. The number of carbonyl (C=O) groups excluding carboxylic acids is 2. The van der Waals surface area contributed by atoms with Crippen molar-refractivity contribution in [1.82, 2.24) is 9.13 Å². The summed E-state index contributed by atoms with van der Waals surface area (Å²) in [6, 6.07) is 5.52. The number of hydrazone groups is 1. The SMILES string of the molecule is CC1=NN(c2ccc(C(=O)[O-])cc2)C(=O)/C1=C/c1c(C)n(C)c(=O)n(C)c1=O. The van der Waals surface area contributed by atoms with Gasteiger partial charge < -0.3 is 14.5 Å². The van der Waals surface area contributed by atoms with Crippen LogP contribution in [0.2, 0.25) is 0 Å². The second kappa shape index (κ2) is 6.76. The Morgan fingerprint density at radius 1 is 1.04 bits per heavy atom. The summed E-state index contributed by atoms with van der Waals surface area (Å²) in [6.07, 6.45) is 1.42. The highest BCUT2D eigenvalue weighted by molar-refractivity contribution is 6.32. The van der Waals surface area contributed by atoms with Gasteiger partial charge in [-0.15, -0.1) is 0 Å². The minimum absolute atomic E-state index is 0.0174. The molecule has 1 amide bonds. The number of amides is 1. The number of hydrogen-bond donors (Lipinski definition) is 0. The molecular formula is C19H17N4O5-. The van der Waals surface area contributed by atoms with E-state index in [0.29, 0.717) is 17.1 Å². The van der Waals surface area contributed by atoms with E-state index in [0.717, 1.165) is 9.58 Å². The van der Waals surface area contributed by atoms with E-state index < -0.39 is 23.1 Å².